The summed E-state index contributed by atoms with van der Waals surface area (Å²) in [7, 11) is 0. The van der Waals surface area contributed by atoms with Gasteiger partial charge in [0.15, 0.2) is 0 Å². The Balaban J connectivity index is 1.51. The van der Waals surface area contributed by atoms with Gasteiger partial charge in [0.25, 0.3) is 0 Å². The van der Waals surface area contributed by atoms with Gasteiger partial charge in [-0.3, -0.25) is 4.57 Å². The minimum absolute atomic E-state index is 0.273. The second kappa shape index (κ2) is 11.0. The largest absolute Gasteiger partial charge is 0.416 e. The molecule has 0 radical (unpaired) electrons. The number of benzene rings is 5. The van der Waals surface area contributed by atoms with E-state index in [0.717, 1.165) is 46.2 Å². The third kappa shape index (κ3) is 4.88. The fourth-order valence-corrected chi connectivity index (χ4v) is 6.89. The van der Waals surface area contributed by atoms with E-state index >= 15 is 0 Å². The van der Waals surface area contributed by atoms with Crippen LogP contribution in [0.4, 0.5) is 26.3 Å². The number of fused-ring (bicyclic) bond motifs is 6. The van der Waals surface area contributed by atoms with Gasteiger partial charge in [0.1, 0.15) is 5.82 Å². The van der Waals surface area contributed by atoms with E-state index < -0.39 is 23.5 Å². The summed E-state index contributed by atoms with van der Waals surface area (Å²) in [6, 6.07) is 29.2. The Labute approximate surface area is 281 Å². The predicted octanol–water partition coefficient (Wildman–Crippen LogP) is 11.5. The Morgan fingerprint density at radius 1 is 0.560 bits per heavy atom. The first-order valence-electron chi connectivity index (χ1n) is 15.6. The molecular weight excluding hydrogens is 650 g/mol. The molecule has 5 aromatic carbocycles. The van der Waals surface area contributed by atoms with Gasteiger partial charge in [-0.1, -0.05) is 54.6 Å². The molecule has 0 amide bonds. The molecule has 50 heavy (non-hydrogen) atoms. The minimum Gasteiger partial charge on any atom is -0.307 e. The highest BCUT2D eigenvalue weighted by atomic mass is 19.4. The van der Waals surface area contributed by atoms with Crippen molar-refractivity contribution >= 4 is 43.6 Å². The Morgan fingerprint density at radius 3 is 1.58 bits per heavy atom. The lowest BCUT2D eigenvalue weighted by atomic mass is 9.99. The number of pyridine rings is 1. The first-order valence-corrected chi connectivity index (χ1v) is 15.6. The molecule has 0 aliphatic heterocycles. The van der Waals surface area contributed by atoms with Crippen LogP contribution in [0.15, 0.2) is 109 Å². The molecule has 0 saturated carbocycles. The molecule has 0 aliphatic carbocycles. The van der Waals surface area contributed by atoms with Crippen molar-refractivity contribution in [1.29, 1.82) is 5.26 Å². The van der Waals surface area contributed by atoms with Crippen molar-refractivity contribution in [2.24, 2.45) is 0 Å². The van der Waals surface area contributed by atoms with Gasteiger partial charge in [-0.15, -0.1) is 0 Å². The van der Waals surface area contributed by atoms with E-state index in [1.54, 1.807) is 39.5 Å². The van der Waals surface area contributed by atoms with Crippen LogP contribution >= 0.6 is 0 Å². The van der Waals surface area contributed by atoms with E-state index in [0.29, 0.717) is 44.2 Å². The Bertz CT molecular complexity index is 2720. The molecule has 0 unspecified atom stereocenters. The van der Waals surface area contributed by atoms with Crippen molar-refractivity contribution in [3.8, 4) is 28.7 Å². The van der Waals surface area contributed by atoms with Gasteiger partial charge in [-0.05, 0) is 73.5 Å². The molecule has 0 N–H and O–H groups in total. The van der Waals surface area contributed by atoms with Crippen molar-refractivity contribution < 1.29 is 26.3 Å². The van der Waals surface area contributed by atoms with E-state index in [2.05, 4.69) is 6.07 Å². The van der Waals surface area contributed by atoms with E-state index in [1.165, 1.54) is 18.3 Å². The van der Waals surface area contributed by atoms with E-state index in [-0.39, 0.29) is 16.9 Å². The number of halogens is 6. The first kappa shape index (κ1) is 31.2. The summed E-state index contributed by atoms with van der Waals surface area (Å²) in [5, 5.41) is 12.8. The number of aromatic nitrogens is 3. The summed E-state index contributed by atoms with van der Waals surface area (Å²) in [6.07, 6.45) is -7.68. The van der Waals surface area contributed by atoms with Crippen LogP contribution in [0.3, 0.4) is 0 Å². The van der Waals surface area contributed by atoms with Crippen LogP contribution in [0.5, 0.6) is 0 Å². The second-order valence-electron chi connectivity index (χ2n) is 12.4. The zero-order valence-corrected chi connectivity index (χ0v) is 26.4. The number of rotatable bonds is 3. The lowest BCUT2D eigenvalue weighted by Crippen LogP contribution is -2.07. The SMILES string of the molecule is Cc1ccc2c3ccc(C(F)(F)F)cc3n(-c3cc(-c4ccccc4C#N)c(-n4c5cc(C)ccc5c5ccc(C(F)(F)F)cc54)cn3)c2c1. The molecule has 8 rings (SSSR count). The quantitative estimate of drug-likeness (QED) is 0.175. The molecule has 3 heterocycles. The molecule has 0 aliphatic rings. The molecule has 246 valence electrons. The third-order valence-electron chi connectivity index (χ3n) is 9.18. The van der Waals surface area contributed by atoms with Gasteiger partial charge >= 0.3 is 12.4 Å². The lowest BCUT2D eigenvalue weighted by Gasteiger charge is -2.18. The molecular formula is C40H24F6N4. The van der Waals surface area contributed by atoms with E-state index in [1.807, 2.05) is 50.2 Å². The number of hydrogen-bond donors (Lipinski definition) is 0. The summed E-state index contributed by atoms with van der Waals surface area (Å²) in [4.78, 5) is 4.80. The highest BCUT2D eigenvalue weighted by Crippen LogP contribution is 2.42. The van der Waals surface area contributed by atoms with Gasteiger partial charge in [0.2, 0.25) is 0 Å². The van der Waals surface area contributed by atoms with Crippen LogP contribution < -0.4 is 0 Å². The van der Waals surface area contributed by atoms with Crippen LogP contribution in [-0.4, -0.2) is 14.1 Å². The smallest absolute Gasteiger partial charge is 0.307 e. The van der Waals surface area contributed by atoms with E-state index in [9.17, 15) is 31.6 Å². The van der Waals surface area contributed by atoms with Gasteiger partial charge in [-0.2, -0.15) is 31.6 Å². The Kier molecular flexibility index (Phi) is 6.85. The number of alkyl halides is 6. The summed E-state index contributed by atoms with van der Waals surface area (Å²) >= 11 is 0. The minimum atomic E-state index is -4.60. The van der Waals surface area contributed by atoms with Gasteiger partial charge in [-0.25, -0.2) is 4.98 Å². The maximum Gasteiger partial charge on any atom is 0.416 e. The Hall–Kier alpha value is -6.08. The predicted molar refractivity (Wildman–Crippen MR) is 183 cm³/mol. The second-order valence-corrected chi connectivity index (χ2v) is 12.4. The number of aryl methyl sites for hydroxylation is 2. The van der Waals surface area contributed by atoms with Crippen LogP contribution in [-0.2, 0) is 12.4 Å². The number of nitrogens with zero attached hydrogens (tertiary/aromatic N) is 4. The molecule has 0 bridgehead atoms. The van der Waals surface area contributed by atoms with Crippen molar-refractivity contribution in [2.45, 2.75) is 26.2 Å². The highest BCUT2D eigenvalue weighted by molar-refractivity contribution is 6.11. The summed E-state index contributed by atoms with van der Waals surface area (Å²) in [6.45, 7) is 3.77. The summed E-state index contributed by atoms with van der Waals surface area (Å²) < 4.78 is 87.6. The van der Waals surface area contributed by atoms with Crippen molar-refractivity contribution in [2.75, 3.05) is 0 Å². The van der Waals surface area contributed by atoms with Crippen LogP contribution in [0, 0.1) is 25.2 Å². The zero-order chi connectivity index (χ0) is 35.1. The molecule has 4 nitrogen and oxygen atoms in total. The number of hydrogen-bond acceptors (Lipinski definition) is 2. The average molecular weight is 675 g/mol. The first-order chi connectivity index (χ1) is 23.8. The molecule has 10 heteroatoms. The molecule has 0 fully saturated rings. The molecule has 0 atom stereocenters. The monoisotopic (exact) mass is 674 g/mol. The van der Waals surface area contributed by atoms with Crippen molar-refractivity contribution in [3.63, 3.8) is 0 Å². The van der Waals surface area contributed by atoms with Crippen LogP contribution in [0.25, 0.3) is 66.2 Å². The topological polar surface area (TPSA) is 46.5 Å². The molecule has 0 saturated heterocycles. The van der Waals surface area contributed by atoms with Gasteiger partial charge in [0.05, 0.1) is 56.7 Å². The maximum absolute atomic E-state index is 14.1. The Morgan fingerprint density at radius 2 is 1.04 bits per heavy atom. The standard InChI is InChI=1S/C40H24F6N4/c1-22-7-11-28-30-13-9-25(39(41,42)43)17-35(30)49(33(28)15-22)37-21-48-38(19-32(37)27-6-4-3-5-24(27)20-47)50-34-16-23(2)8-12-29(34)31-14-10-26(18-36(31)50)40(44,45)46/h3-19,21H,1-2H3. The molecule has 3 aromatic heterocycles. The maximum atomic E-state index is 14.1. The zero-order valence-electron chi connectivity index (χ0n) is 26.4. The van der Waals surface area contributed by atoms with Gasteiger partial charge < -0.3 is 4.57 Å². The van der Waals surface area contributed by atoms with Gasteiger partial charge in [0, 0.05) is 32.7 Å². The highest BCUT2D eigenvalue weighted by Gasteiger charge is 2.33. The lowest BCUT2D eigenvalue weighted by molar-refractivity contribution is -0.138. The van der Waals surface area contributed by atoms with Crippen LogP contribution in [0.1, 0.15) is 27.8 Å². The summed E-state index contributed by atoms with van der Waals surface area (Å²) in [5.74, 6) is 0.273. The fraction of sp³-hybridized carbons (Fsp3) is 0.100. The van der Waals surface area contributed by atoms with Crippen LogP contribution in [0.2, 0.25) is 0 Å². The van der Waals surface area contributed by atoms with Crippen molar-refractivity contribution in [1.82, 2.24) is 14.1 Å². The normalized spacial score (nSPS) is 12.4. The fourth-order valence-electron chi connectivity index (χ4n) is 6.89. The van der Waals surface area contributed by atoms with Crippen molar-refractivity contribution in [3.05, 3.63) is 137 Å². The molecule has 0 spiro atoms. The average Bonchev–Trinajstić information content (AvgIpc) is 3.58. The van der Waals surface area contributed by atoms with E-state index in [4.69, 9.17) is 4.98 Å². The third-order valence-corrected chi connectivity index (χ3v) is 9.18. The molecule has 8 aromatic rings. The summed E-state index contributed by atoms with van der Waals surface area (Å²) in [5.41, 5.74) is 3.58. The number of nitriles is 1.